The highest BCUT2D eigenvalue weighted by Gasteiger charge is 2.24. The molecule has 0 aromatic rings. The van der Waals surface area contributed by atoms with Crippen LogP contribution in [0, 0.1) is 5.92 Å². The summed E-state index contributed by atoms with van der Waals surface area (Å²) < 4.78 is 0. The molecule has 3 N–H and O–H groups in total. The van der Waals surface area contributed by atoms with Gasteiger partial charge in [-0.2, -0.15) is 0 Å². The predicted molar refractivity (Wildman–Crippen MR) is 62.4 cm³/mol. The molecule has 0 bridgehead atoms. The van der Waals surface area contributed by atoms with Crippen LogP contribution in [0.2, 0.25) is 0 Å². The molecule has 1 fully saturated rings. The Bertz CT molecular complexity index is 216. The third-order valence-electron chi connectivity index (χ3n) is 2.79. The van der Waals surface area contributed by atoms with Crippen LogP contribution in [0.1, 0.15) is 52.9 Å². The number of carbonyl (C=O) groups is 1. The molecular weight excluding hydrogens is 188 g/mol. The van der Waals surface area contributed by atoms with E-state index in [1.54, 1.807) is 0 Å². The fourth-order valence-corrected chi connectivity index (χ4v) is 1.70. The quantitative estimate of drug-likeness (QED) is 0.705. The van der Waals surface area contributed by atoms with Gasteiger partial charge in [-0.1, -0.05) is 12.8 Å². The van der Waals surface area contributed by atoms with Gasteiger partial charge in [0, 0.05) is 18.0 Å². The molecule has 1 atom stereocenters. The number of hydrogen-bond donors (Lipinski definition) is 2. The van der Waals surface area contributed by atoms with Crippen LogP contribution in [0.25, 0.3) is 0 Å². The van der Waals surface area contributed by atoms with Crippen molar-refractivity contribution in [3.8, 4) is 0 Å². The first-order valence-electron chi connectivity index (χ1n) is 5.95. The summed E-state index contributed by atoms with van der Waals surface area (Å²) in [6.07, 6.45) is 5.11. The van der Waals surface area contributed by atoms with Crippen molar-refractivity contribution < 1.29 is 4.79 Å². The fraction of sp³-hybridized carbons (Fsp3) is 0.917. The lowest BCUT2D eigenvalue weighted by Crippen LogP contribution is -2.37. The molecule has 1 aliphatic rings. The summed E-state index contributed by atoms with van der Waals surface area (Å²) in [6, 6.07) is 0.325. The Hall–Kier alpha value is -0.570. The lowest BCUT2D eigenvalue weighted by Gasteiger charge is -2.19. The summed E-state index contributed by atoms with van der Waals surface area (Å²) in [7, 11) is 0. The van der Waals surface area contributed by atoms with Crippen LogP contribution < -0.4 is 11.1 Å². The smallest absolute Gasteiger partial charge is 0.220 e. The molecule has 0 spiro atoms. The van der Waals surface area contributed by atoms with Gasteiger partial charge in [0.25, 0.3) is 0 Å². The Morgan fingerprint density at radius 1 is 1.53 bits per heavy atom. The largest absolute Gasteiger partial charge is 0.354 e. The standard InChI is InChI=1S/C12H24N2O/c1-9(8-10-4-5-10)14-11(15)6-7-12(2,3)13/h9-10H,4-8,13H2,1-3H3,(H,14,15). The second-order valence-corrected chi connectivity index (χ2v) is 5.64. The van der Waals surface area contributed by atoms with Crippen molar-refractivity contribution in [1.82, 2.24) is 5.32 Å². The van der Waals surface area contributed by atoms with Crippen molar-refractivity contribution in [1.29, 1.82) is 0 Å². The van der Waals surface area contributed by atoms with Crippen molar-refractivity contribution in [2.24, 2.45) is 11.7 Å². The Morgan fingerprint density at radius 3 is 2.60 bits per heavy atom. The molecule has 3 heteroatoms. The number of hydrogen-bond acceptors (Lipinski definition) is 2. The van der Waals surface area contributed by atoms with Gasteiger partial charge in [-0.25, -0.2) is 0 Å². The Kier molecular flexibility index (Phi) is 4.14. The minimum atomic E-state index is -0.239. The van der Waals surface area contributed by atoms with Crippen molar-refractivity contribution in [2.75, 3.05) is 0 Å². The Morgan fingerprint density at radius 2 is 2.13 bits per heavy atom. The normalized spacial score (nSPS) is 18.7. The van der Waals surface area contributed by atoms with E-state index >= 15 is 0 Å². The van der Waals surface area contributed by atoms with Crippen molar-refractivity contribution in [3.05, 3.63) is 0 Å². The van der Waals surface area contributed by atoms with Crippen LogP contribution in [0.3, 0.4) is 0 Å². The van der Waals surface area contributed by atoms with E-state index in [2.05, 4.69) is 12.2 Å². The molecule has 0 saturated heterocycles. The second kappa shape index (κ2) is 4.97. The maximum absolute atomic E-state index is 11.5. The van der Waals surface area contributed by atoms with E-state index in [0.717, 1.165) is 18.8 Å². The monoisotopic (exact) mass is 212 g/mol. The highest BCUT2D eigenvalue weighted by atomic mass is 16.1. The van der Waals surface area contributed by atoms with E-state index in [0.29, 0.717) is 12.5 Å². The molecule has 0 aliphatic heterocycles. The third-order valence-corrected chi connectivity index (χ3v) is 2.79. The number of carbonyl (C=O) groups excluding carboxylic acids is 1. The van der Waals surface area contributed by atoms with E-state index in [4.69, 9.17) is 5.73 Å². The summed E-state index contributed by atoms with van der Waals surface area (Å²) in [5, 5.41) is 3.03. The molecule has 15 heavy (non-hydrogen) atoms. The first-order valence-corrected chi connectivity index (χ1v) is 5.95. The summed E-state index contributed by atoms with van der Waals surface area (Å²) in [6.45, 7) is 5.99. The molecule has 1 amide bonds. The summed E-state index contributed by atoms with van der Waals surface area (Å²) in [5.74, 6) is 1.01. The fourth-order valence-electron chi connectivity index (χ4n) is 1.70. The van der Waals surface area contributed by atoms with E-state index in [1.807, 2.05) is 13.8 Å². The van der Waals surface area contributed by atoms with Crippen LogP contribution >= 0.6 is 0 Å². The molecule has 0 heterocycles. The number of nitrogens with two attached hydrogens (primary N) is 1. The van der Waals surface area contributed by atoms with Crippen molar-refractivity contribution in [2.45, 2.75) is 64.5 Å². The van der Waals surface area contributed by atoms with Gasteiger partial charge in [-0.15, -0.1) is 0 Å². The van der Waals surface area contributed by atoms with Crippen LogP contribution in [0.15, 0.2) is 0 Å². The molecule has 88 valence electrons. The third kappa shape index (κ3) is 6.50. The SMILES string of the molecule is CC(CC1CC1)NC(=O)CCC(C)(C)N. The van der Waals surface area contributed by atoms with E-state index in [9.17, 15) is 4.79 Å². The van der Waals surface area contributed by atoms with Gasteiger partial charge in [0.15, 0.2) is 0 Å². The lowest BCUT2D eigenvalue weighted by molar-refractivity contribution is -0.122. The maximum atomic E-state index is 11.5. The van der Waals surface area contributed by atoms with Gasteiger partial charge in [-0.05, 0) is 39.5 Å². The molecule has 0 aromatic heterocycles. The lowest BCUT2D eigenvalue weighted by atomic mass is 10.00. The first-order chi connectivity index (χ1) is 6.87. The molecule has 1 unspecified atom stereocenters. The average Bonchev–Trinajstić information content (AvgIpc) is 2.83. The van der Waals surface area contributed by atoms with E-state index < -0.39 is 0 Å². The van der Waals surface area contributed by atoms with Gasteiger partial charge in [0.1, 0.15) is 0 Å². The molecule has 0 aromatic carbocycles. The first kappa shape index (κ1) is 12.5. The highest BCUT2D eigenvalue weighted by Crippen LogP contribution is 2.33. The Balaban J connectivity index is 2.11. The predicted octanol–water partition coefficient (Wildman–Crippen LogP) is 1.81. The van der Waals surface area contributed by atoms with Crippen molar-refractivity contribution in [3.63, 3.8) is 0 Å². The average molecular weight is 212 g/mol. The molecule has 0 radical (unpaired) electrons. The second-order valence-electron chi connectivity index (χ2n) is 5.64. The molecule has 1 saturated carbocycles. The van der Waals surface area contributed by atoms with Gasteiger partial charge in [-0.3, -0.25) is 4.79 Å². The summed E-state index contributed by atoms with van der Waals surface area (Å²) in [4.78, 5) is 11.5. The minimum Gasteiger partial charge on any atom is -0.354 e. The molecular formula is C12H24N2O. The zero-order valence-corrected chi connectivity index (χ0v) is 10.2. The maximum Gasteiger partial charge on any atom is 0.220 e. The summed E-state index contributed by atoms with van der Waals surface area (Å²) >= 11 is 0. The van der Waals surface area contributed by atoms with Gasteiger partial charge >= 0.3 is 0 Å². The number of nitrogens with one attached hydrogen (secondary N) is 1. The summed E-state index contributed by atoms with van der Waals surface area (Å²) in [5.41, 5.74) is 5.59. The van der Waals surface area contributed by atoms with Gasteiger partial charge in [0.05, 0.1) is 0 Å². The van der Waals surface area contributed by atoms with Crippen LogP contribution in [0.4, 0.5) is 0 Å². The van der Waals surface area contributed by atoms with Crippen LogP contribution in [-0.2, 0) is 4.79 Å². The topological polar surface area (TPSA) is 55.1 Å². The molecule has 3 nitrogen and oxygen atoms in total. The molecule has 1 rings (SSSR count). The zero-order chi connectivity index (χ0) is 11.5. The number of rotatable bonds is 6. The highest BCUT2D eigenvalue weighted by molar-refractivity contribution is 5.76. The van der Waals surface area contributed by atoms with Gasteiger partial charge < -0.3 is 11.1 Å². The van der Waals surface area contributed by atoms with Gasteiger partial charge in [0.2, 0.25) is 5.91 Å². The minimum absolute atomic E-state index is 0.140. The van der Waals surface area contributed by atoms with E-state index in [1.165, 1.54) is 12.8 Å². The van der Waals surface area contributed by atoms with Crippen LogP contribution in [0.5, 0.6) is 0 Å². The zero-order valence-electron chi connectivity index (χ0n) is 10.2. The van der Waals surface area contributed by atoms with E-state index in [-0.39, 0.29) is 11.4 Å². The Labute approximate surface area is 92.8 Å². The number of amides is 1. The van der Waals surface area contributed by atoms with Crippen LogP contribution in [-0.4, -0.2) is 17.5 Å². The molecule has 1 aliphatic carbocycles. The van der Waals surface area contributed by atoms with Crippen molar-refractivity contribution >= 4 is 5.91 Å².